The van der Waals surface area contributed by atoms with Crippen molar-refractivity contribution in [1.82, 2.24) is 9.78 Å². The van der Waals surface area contributed by atoms with Crippen LogP contribution in [0.3, 0.4) is 0 Å². The maximum Gasteiger partial charge on any atom is 0.226 e. The number of hydrogen-bond acceptors (Lipinski definition) is 3. The fourth-order valence-corrected chi connectivity index (χ4v) is 2.80. The molecule has 106 valence electrons. The highest BCUT2D eigenvalue weighted by Crippen LogP contribution is 2.36. The summed E-state index contributed by atoms with van der Waals surface area (Å²) >= 11 is 0. The normalized spacial score (nSPS) is 18.1. The van der Waals surface area contributed by atoms with Crippen molar-refractivity contribution in [3.8, 4) is 0 Å². The second kappa shape index (κ2) is 5.15. The van der Waals surface area contributed by atoms with Crippen LogP contribution in [0.4, 0.5) is 5.82 Å². The molecule has 0 aromatic carbocycles. The second-order valence-electron chi connectivity index (χ2n) is 5.76. The van der Waals surface area contributed by atoms with Gasteiger partial charge in [-0.15, -0.1) is 0 Å². The molecule has 0 radical (unpaired) electrons. The first-order valence-corrected chi connectivity index (χ1v) is 7.01. The molecule has 2 aromatic rings. The summed E-state index contributed by atoms with van der Waals surface area (Å²) in [5.41, 5.74) is 1.14. The summed E-state index contributed by atoms with van der Waals surface area (Å²) in [5, 5.41) is 7.35. The summed E-state index contributed by atoms with van der Waals surface area (Å²) in [7, 11) is 0. The molecule has 1 atom stereocenters. The summed E-state index contributed by atoms with van der Waals surface area (Å²) in [6, 6.07) is 3.76. The number of nitrogens with zero attached hydrogens (tertiary/aromatic N) is 2. The lowest BCUT2D eigenvalue weighted by molar-refractivity contribution is -0.117. The van der Waals surface area contributed by atoms with E-state index >= 15 is 0 Å². The van der Waals surface area contributed by atoms with Crippen LogP contribution in [0.15, 0.2) is 29.0 Å². The number of carbonyl (C=O) groups excluding carboxylic acids is 1. The van der Waals surface area contributed by atoms with Crippen molar-refractivity contribution in [3.63, 3.8) is 0 Å². The molecule has 0 aliphatic carbocycles. The zero-order chi connectivity index (χ0) is 14.1. The molecule has 0 saturated heterocycles. The van der Waals surface area contributed by atoms with E-state index in [1.165, 1.54) is 0 Å². The number of carbonyl (C=O) groups is 1. The molecule has 2 aromatic heterocycles. The molecule has 1 aliphatic heterocycles. The minimum atomic E-state index is 0.0735. The fraction of sp³-hybridized carbons (Fsp3) is 0.467. The molecule has 0 fully saturated rings. The van der Waals surface area contributed by atoms with Gasteiger partial charge in [-0.05, 0) is 30.4 Å². The van der Waals surface area contributed by atoms with Crippen LogP contribution in [-0.4, -0.2) is 15.7 Å². The van der Waals surface area contributed by atoms with Crippen LogP contribution in [-0.2, 0) is 11.3 Å². The zero-order valence-electron chi connectivity index (χ0n) is 11.8. The van der Waals surface area contributed by atoms with Crippen molar-refractivity contribution in [3.05, 3.63) is 35.9 Å². The van der Waals surface area contributed by atoms with Crippen molar-refractivity contribution in [2.75, 3.05) is 5.32 Å². The van der Waals surface area contributed by atoms with Gasteiger partial charge < -0.3 is 9.73 Å². The number of amides is 1. The first-order chi connectivity index (χ1) is 9.63. The molecule has 0 spiro atoms. The van der Waals surface area contributed by atoms with Crippen LogP contribution in [0.5, 0.6) is 0 Å². The standard InChI is InChI=1S/C15H19N3O2/c1-10(2)6-11-7-14(19)17-15-13(11)8-16-18(15)9-12-4-3-5-20-12/h3-5,8,10-11H,6-7,9H2,1-2H3,(H,17,19)/t11-/m0/s1. The van der Waals surface area contributed by atoms with E-state index in [1.807, 2.05) is 18.3 Å². The van der Waals surface area contributed by atoms with E-state index in [4.69, 9.17) is 4.42 Å². The third-order valence-corrected chi connectivity index (χ3v) is 3.64. The van der Waals surface area contributed by atoms with Crippen LogP contribution in [0, 0.1) is 5.92 Å². The van der Waals surface area contributed by atoms with Crippen molar-refractivity contribution in [2.24, 2.45) is 5.92 Å². The Morgan fingerprint density at radius 1 is 1.55 bits per heavy atom. The Bertz CT molecular complexity index is 599. The first-order valence-electron chi connectivity index (χ1n) is 7.01. The Morgan fingerprint density at radius 3 is 3.10 bits per heavy atom. The van der Waals surface area contributed by atoms with Gasteiger partial charge in [0, 0.05) is 12.0 Å². The third-order valence-electron chi connectivity index (χ3n) is 3.64. The predicted octanol–water partition coefficient (Wildman–Crippen LogP) is 3.00. The van der Waals surface area contributed by atoms with Crippen molar-refractivity contribution < 1.29 is 9.21 Å². The molecule has 20 heavy (non-hydrogen) atoms. The van der Waals surface area contributed by atoms with Gasteiger partial charge in [-0.25, -0.2) is 4.68 Å². The Labute approximate surface area is 118 Å². The van der Waals surface area contributed by atoms with E-state index < -0.39 is 0 Å². The second-order valence-corrected chi connectivity index (χ2v) is 5.76. The number of hydrogen-bond donors (Lipinski definition) is 1. The molecule has 0 bridgehead atoms. The van der Waals surface area contributed by atoms with Gasteiger partial charge in [-0.3, -0.25) is 4.79 Å². The minimum absolute atomic E-state index is 0.0735. The van der Waals surface area contributed by atoms with E-state index in [-0.39, 0.29) is 11.8 Å². The van der Waals surface area contributed by atoms with Gasteiger partial charge in [-0.2, -0.15) is 5.10 Å². The molecule has 5 heteroatoms. The maximum atomic E-state index is 11.9. The Hall–Kier alpha value is -2.04. The van der Waals surface area contributed by atoms with Crippen LogP contribution >= 0.6 is 0 Å². The Balaban J connectivity index is 1.89. The van der Waals surface area contributed by atoms with E-state index in [9.17, 15) is 4.79 Å². The highest BCUT2D eigenvalue weighted by atomic mass is 16.3. The van der Waals surface area contributed by atoms with Crippen molar-refractivity contribution >= 4 is 11.7 Å². The molecular weight excluding hydrogens is 254 g/mol. The van der Waals surface area contributed by atoms with Crippen LogP contribution in [0.25, 0.3) is 0 Å². The van der Waals surface area contributed by atoms with Crippen LogP contribution < -0.4 is 5.32 Å². The fourth-order valence-electron chi connectivity index (χ4n) is 2.80. The zero-order valence-corrected chi connectivity index (χ0v) is 11.8. The molecular formula is C15H19N3O2. The average Bonchev–Trinajstić information content (AvgIpc) is 3.00. The lowest BCUT2D eigenvalue weighted by Crippen LogP contribution is -2.25. The molecule has 0 unspecified atom stereocenters. The Kier molecular flexibility index (Phi) is 3.34. The topological polar surface area (TPSA) is 60.1 Å². The lowest BCUT2D eigenvalue weighted by atomic mass is 9.87. The highest BCUT2D eigenvalue weighted by molar-refractivity contribution is 5.93. The number of nitrogens with one attached hydrogen (secondary N) is 1. The summed E-state index contributed by atoms with van der Waals surface area (Å²) in [4.78, 5) is 11.9. The number of rotatable bonds is 4. The quantitative estimate of drug-likeness (QED) is 0.931. The first kappa shape index (κ1) is 13.0. The molecule has 0 saturated carbocycles. The van der Waals surface area contributed by atoms with Crippen molar-refractivity contribution in [2.45, 2.75) is 39.2 Å². The number of furan rings is 1. The molecule has 3 rings (SSSR count). The van der Waals surface area contributed by atoms with Gasteiger partial charge in [-0.1, -0.05) is 13.8 Å². The number of fused-ring (bicyclic) bond motifs is 1. The molecule has 1 N–H and O–H groups in total. The van der Waals surface area contributed by atoms with Gasteiger partial charge in [0.15, 0.2) is 0 Å². The van der Waals surface area contributed by atoms with Gasteiger partial charge in [0.25, 0.3) is 0 Å². The van der Waals surface area contributed by atoms with Crippen LogP contribution in [0.2, 0.25) is 0 Å². The third kappa shape index (κ3) is 2.48. The lowest BCUT2D eigenvalue weighted by Gasteiger charge is -2.24. The van der Waals surface area contributed by atoms with Gasteiger partial charge in [0.1, 0.15) is 18.1 Å². The smallest absolute Gasteiger partial charge is 0.226 e. The Morgan fingerprint density at radius 2 is 2.40 bits per heavy atom. The van der Waals surface area contributed by atoms with E-state index in [0.29, 0.717) is 18.9 Å². The predicted molar refractivity (Wildman–Crippen MR) is 75.5 cm³/mol. The molecule has 1 amide bonds. The van der Waals surface area contributed by atoms with Gasteiger partial charge >= 0.3 is 0 Å². The highest BCUT2D eigenvalue weighted by Gasteiger charge is 2.29. The van der Waals surface area contributed by atoms with Gasteiger partial charge in [0.2, 0.25) is 5.91 Å². The van der Waals surface area contributed by atoms with Crippen LogP contribution in [0.1, 0.15) is 43.9 Å². The monoisotopic (exact) mass is 273 g/mol. The van der Waals surface area contributed by atoms with E-state index in [0.717, 1.165) is 23.6 Å². The molecule has 3 heterocycles. The summed E-state index contributed by atoms with van der Waals surface area (Å²) in [5.74, 6) is 2.56. The number of anilines is 1. The van der Waals surface area contributed by atoms with Gasteiger partial charge in [0.05, 0.1) is 12.5 Å². The maximum absolute atomic E-state index is 11.9. The van der Waals surface area contributed by atoms with E-state index in [1.54, 1.807) is 10.9 Å². The minimum Gasteiger partial charge on any atom is -0.467 e. The SMILES string of the molecule is CC(C)C[C@H]1CC(=O)Nc2c1cnn2Cc1ccco1. The number of aromatic nitrogens is 2. The summed E-state index contributed by atoms with van der Waals surface area (Å²) in [6.45, 7) is 4.90. The van der Waals surface area contributed by atoms with E-state index in [2.05, 4.69) is 24.3 Å². The molecule has 5 nitrogen and oxygen atoms in total. The average molecular weight is 273 g/mol. The summed E-state index contributed by atoms with van der Waals surface area (Å²) < 4.78 is 7.15. The molecule has 1 aliphatic rings. The largest absolute Gasteiger partial charge is 0.467 e. The van der Waals surface area contributed by atoms with Crippen molar-refractivity contribution in [1.29, 1.82) is 0 Å². The summed E-state index contributed by atoms with van der Waals surface area (Å²) in [6.07, 6.45) is 5.08.